The molecule has 2 saturated heterocycles. The zero-order valence-electron chi connectivity index (χ0n) is 15.5. The van der Waals surface area contributed by atoms with Gasteiger partial charge in [0.25, 0.3) is 0 Å². The Bertz CT molecular complexity index is 794. The second-order valence-electron chi connectivity index (χ2n) is 7.07. The quantitative estimate of drug-likeness (QED) is 0.651. The van der Waals surface area contributed by atoms with Gasteiger partial charge in [-0.25, -0.2) is 9.18 Å². The molecular weight excluding hydrogens is 371 g/mol. The van der Waals surface area contributed by atoms with Crippen LogP contribution in [0.4, 0.5) is 20.6 Å². The number of nitrogens with two attached hydrogens (primary N) is 1. The van der Waals surface area contributed by atoms with E-state index in [2.05, 4.69) is 5.32 Å². The molecule has 0 saturated carbocycles. The van der Waals surface area contributed by atoms with Crippen molar-refractivity contribution in [1.29, 1.82) is 0 Å². The molecule has 2 fully saturated rings. The number of piperidine rings is 1. The summed E-state index contributed by atoms with van der Waals surface area (Å²) in [5.41, 5.74) is 4.32. The summed E-state index contributed by atoms with van der Waals surface area (Å²) in [6, 6.07) is 4.40. The van der Waals surface area contributed by atoms with Crippen molar-refractivity contribution in [3.63, 3.8) is 0 Å². The molecule has 9 nitrogen and oxygen atoms in total. The van der Waals surface area contributed by atoms with Crippen LogP contribution in [-0.2, 0) is 14.3 Å². The van der Waals surface area contributed by atoms with Gasteiger partial charge in [0.05, 0.1) is 24.5 Å². The minimum absolute atomic E-state index is 0.118. The number of primary amides is 1. The van der Waals surface area contributed by atoms with Crippen molar-refractivity contribution >= 4 is 29.3 Å². The highest BCUT2D eigenvalue weighted by Gasteiger charge is 2.38. The predicted molar refractivity (Wildman–Crippen MR) is 98.3 cm³/mol. The highest BCUT2D eigenvalue weighted by atomic mass is 19.1. The highest BCUT2D eigenvalue weighted by molar-refractivity contribution is 5.90. The van der Waals surface area contributed by atoms with E-state index in [1.807, 2.05) is 0 Å². The van der Waals surface area contributed by atoms with Crippen LogP contribution in [0.5, 0.6) is 0 Å². The molecular formula is C18H23FN4O5. The number of hydrogen-bond acceptors (Lipinski definition) is 6. The van der Waals surface area contributed by atoms with Gasteiger partial charge < -0.3 is 25.8 Å². The van der Waals surface area contributed by atoms with Gasteiger partial charge in [-0.2, -0.15) is 0 Å². The third-order valence-electron chi connectivity index (χ3n) is 5.09. The number of nitrogens with zero attached hydrogens (tertiary/aromatic N) is 2. The number of amides is 3. The third kappa shape index (κ3) is 4.01. The van der Waals surface area contributed by atoms with Gasteiger partial charge in [-0.3, -0.25) is 14.5 Å². The largest absolute Gasteiger partial charge is 0.442 e. The minimum atomic E-state index is -1.56. The average Bonchev–Trinajstić information content (AvgIpc) is 3.01. The van der Waals surface area contributed by atoms with E-state index in [4.69, 9.17) is 10.5 Å². The van der Waals surface area contributed by atoms with Crippen LogP contribution < -0.4 is 20.9 Å². The molecule has 3 amide bonds. The summed E-state index contributed by atoms with van der Waals surface area (Å²) >= 11 is 0. The Kier molecular flexibility index (Phi) is 5.41. The van der Waals surface area contributed by atoms with Gasteiger partial charge in [0.2, 0.25) is 11.8 Å². The first-order valence-electron chi connectivity index (χ1n) is 8.99. The molecule has 2 aliphatic heterocycles. The van der Waals surface area contributed by atoms with Crippen molar-refractivity contribution in [2.45, 2.75) is 31.5 Å². The molecule has 0 bridgehead atoms. The number of nitrogens with one attached hydrogen (secondary N) is 1. The molecule has 0 radical (unpaired) electrons. The first-order chi connectivity index (χ1) is 13.2. The molecule has 0 spiro atoms. The molecule has 2 aliphatic rings. The zero-order valence-corrected chi connectivity index (χ0v) is 15.5. The van der Waals surface area contributed by atoms with Crippen LogP contribution >= 0.6 is 0 Å². The fourth-order valence-electron chi connectivity index (χ4n) is 3.38. The smallest absolute Gasteiger partial charge is 0.414 e. The first kappa shape index (κ1) is 19.9. The van der Waals surface area contributed by atoms with Gasteiger partial charge in [0.1, 0.15) is 17.5 Å². The van der Waals surface area contributed by atoms with Crippen LogP contribution in [0.2, 0.25) is 0 Å². The molecule has 28 heavy (non-hydrogen) atoms. The van der Waals surface area contributed by atoms with Crippen LogP contribution in [0.3, 0.4) is 0 Å². The molecule has 1 atom stereocenters. The van der Waals surface area contributed by atoms with Gasteiger partial charge in [0, 0.05) is 32.9 Å². The normalized spacial score (nSPS) is 21.4. The Morgan fingerprint density at radius 2 is 2.07 bits per heavy atom. The average molecular weight is 394 g/mol. The maximum atomic E-state index is 14.7. The maximum Gasteiger partial charge on any atom is 0.414 e. The lowest BCUT2D eigenvalue weighted by Gasteiger charge is -2.37. The van der Waals surface area contributed by atoms with E-state index in [1.54, 1.807) is 17.0 Å². The summed E-state index contributed by atoms with van der Waals surface area (Å²) in [7, 11) is 0. The SMILES string of the molecule is CC(=O)NCC1CN(c2ccc(N3CCC(O)(C(N)=O)CC3)c(F)c2)C(=O)O1. The van der Waals surface area contributed by atoms with E-state index >= 15 is 0 Å². The summed E-state index contributed by atoms with van der Waals surface area (Å²) in [6.07, 6.45) is -0.876. The number of aliphatic hydroxyl groups is 1. The third-order valence-corrected chi connectivity index (χ3v) is 5.09. The molecule has 1 aromatic rings. The second kappa shape index (κ2) is 7.63. The zero-order chi connectivity index (χ0) is 20.5. The topological polar surface area (TPSA) is 125 Å². The number of anilines is 2. The Labute approximate surface area is 161 Å². The van der Waals surface area contributed by atoms with E-state index in [-0.39, 0.29) is 44.9 Å². The molecule has 4 N–H and O–H groups in total. The lowest BCUT2D eigenvalue weighted by molar-refractivity contribution is -0.138. The standard InChI is InChI=1S/C18H23FN4O5/c1-11(24)21-9-13-10-23(17(26)28-13)12-2-3-15(14(19)8-12)22-6-4-18(27,5-7-22)16(20)25/h2-3,8,13,27H,4-7,9-10H2,1H3,(H2,20,25)(H,21,24). The number of halogens is 1. The van der Waals surface area contributed by atoms with Crippen molar-refractivity contribution in [2.75, 3.05) is 36.0 Å². The Balaban J connectivity index is 1.67. The molecule has 152 valence electrons. The van der Waals surface area contributed by atoms with Gasteiger partial charge in [-0.15, -0.1) is 0 Å². The molecule has 0 aliphatic carbocycles. The highest BCUT2D eigenvalue weighted by Crippen LogP contribution is 2.31. The van der Waals surface area contributed by atoms with Crippen LogP contribution in [0.1, 0.15) is 19.8 Å². The molecule has 1 unspecified atom stereocenters. The number of carbonyl (C=O) groups is 3. The van der Waals surface area contributed by atoms with Crippen LogP contribution in [-0.4, -0.2) is 60.9 Å². The van der Waals surface area contributed by atoms with Crippen molar-refractivity contribution in [1.82, 2.24) is 5.32 Å². The van der Waals surface area contributed by atoms with E-state index in [9.17, 15) is 23.9 Å². The van der Waals surface area contributed by atoms with Gasteiger partial charge >= 0.3 is 6.09 Å². The number of cyclic esters (lactones) is 1. The Hall–Kier alpha value is -2.88. The summed E-state index contributed by atoms with van der Waals surface area (Å²) in [4.78, 5) is 37.4. The molecule has 10 heteroatoms. The fraction of sp³-hybridized carbons (Fsp3) is 0.500. The molecule has 1 aromatic carbocycles. The van der Waals surface area contributed by atoms with Crippen LogP contribution in [0.25, 0.3) is 0 Å². The predicted octanol–water partition coefficient (Wildman–Crippen LogP) is 0.104. The van der Waals surface area contributed by atoms with Gasteiger partial charge in [-0.05, 0) is 18.2 Å². The minimum Gasteiger partial charge on any atom is -0.442 e. The van der Waals surface area contributed by atoms with Gasteiger partial charge in [0.15, 0.2) is 0 Å². The summed E-state index contributed by atoms with van der Waals surface area (Å²) in [6.45, 7) is 2.32. The lowest BCUT2D eigenvalue weighted by atomic mass is 9.90. The van der Waals surface area contributed by atoms with E-state index in [0.29, 0.717) is 11.4 Å². The number of rotatable bonds is 5. The molecule has 0 aromatic heterocycles. The van der Waals surface area contributed by atoms with Crippen molar-refractivity contribution in [3.05, 3.63) is 24.0 Å². The van der Waals surface area contributed by atoms with E-state index in [0.717, 1.165) is 0 Å². The number of carbonyl (C=O) groups excluding carboxylic acids is 3. The second-order valence-corrected chi connectivity index (χ2v) is 7.07. The van der Waals surface area contributed by atoms with Crippen molar-refractivity contribution in [3.8, 4) is 0 Å². The molecule has 2 heterocycles. The van der Waals surface area contributed by atoms with Crippen LogP contribution in [0, 0.1) is 5.82 Å². The first-order valence-corrected chi connectivity index (χ1v) is 8.99. The number of ether oxygens (including phenoxy) is 1. The summed E-state index contributed by atoms with van der Waals surface area (Å²) in [5.74, 6) is -1.53. The Morgan fingerprint density at radius 1 is 1.39 bits per heavy atom. The summed E-state index contributed by atoms with van der Waals surface area (Å²) < 4.78 is 19.9. The van der Waals surface area contributed by atoms with E-state index < -0.39 is 29.5 Å². The lowest BCUT2D eigenvalue weighted by Crippen LogP contribution is -2.52. The van der Waals surface area contributed by atoms with Crippen LogP contribution in [0.15, 0.2) is 18.2 Å². The maximum absolute atomic E-state index is 14.7. The Morgan fingerprint density at radius 3 is 2.64 bits per heavy atom. The van der Waals surface area contributed by atoms with E-state index in [1.165, 1.54) is 17.9 Å². The summed E-state index contributed by atoms with van der Waals surface area (Å²) in [5, 5.41) is 12.7. The fourth-order valence-corrected chi connectivity index (χ4v) is 3.38. The monoisotopic (exact) mass is 394 g/mol. The van der Waals surface area contributed by atoms with Gasteiger partial charge in [-0.1, -0.05) is 0 Å². The number of benzene rings is 1. The number of hydrogen-bond donors (Lipinski definition) is 3. The molecule has 3 rings (SSSR count). The van der Waals surface area contributed by atoms with Crippen molar-refractivity contribution < 1.29 is 28.6 Å². The van der Waals surface area contributed by atoms with Crippen molar-refractivity contribution in [2.24, 2.45) is 5.73 Å².